The summed E-state index contributed by atoms with van der Waals surface area (Å²) in [5.74, 6) is 4.58. The van der Waals surface area contributed by atoms with Gasteiger partial charge in [-0.1, -0.05) is 10.4 Å². The lowest BCUT2D eigenvalue weighted by Crippen LogP contribution is -2.57. The highest BCUT2D eigenvalue weighted by Gasteiger charge is 2.47. The lowest BCUT2D eigenvalue weighted by atomic mass is 9.92. The Bertz CT molecular complexity index is 376. The second kappa shape index (κ2) is 7.07. The lowest BCUT2D eigenvalue weighted by Gasteiger charge is -2.38. The van der Waals surface area contributed by atoms with Gasteiger partial charge >= 0.3 is 0 Å². The normalized spacial score (nSPS) is 35.2. The van der Waals surface area contributed by atoms with Crippen LogP contribution >= 0.6 is 0 Å². The van der Waals surface area contributed by atoms with Crippen LogP contribution in [-0.2, 0) is 14.4 Å². The molecule has 0 aromatic carbocycles. The van der Waals surface area contributed by atoms with Gasteiger partial charge in [0.1, 0.15) is 30.8 Å². The van der Waals surface area contributed by atoms with Crippen LogP contribution in [0.4, 0.5) is 0 Å². The maximum Gasteiger partial charge on any atom is 0.261 e. The minimum absolute atomic E-state index is 0.227. The largest absolute Gasteiger partial charge is 0.368 e. The number of hydrogen-bond donors (Lipinski definition) is 1. The summed E-state index contributed by atoms with van der Waals surface area (Å²) in [4.78, 5) is 36.7. The molecule has 2 N–H and O–H groups in total. The first-order chi connectivity index (χ1) is 9.04. The Morgan fingerprint density at radius 1 is 1.37 bits per heavy atom. The Balaban J connectivity index is 2.96. The summed E-state index contributed by atoms with van der Waals surface area (Å²) in [6.45, 7) is 2.61. The topological polar surface area (TPSA) is 145 Å². The number of nitroso groups, excluding NO2 is 2. The van der Waals surface area contributed by atoms with Crippen LogP contribution in [0.2, 0.25) is 0 Å². The summed E-state index contributed by atoms with van der Waals surface area (Å²) in [7, 11) is 0. The van der Waals surface area contributed by atoms with Crippen molar-refractivity contribution in [2.75, 3.05) is 6.54 Å². The van der Waals surface area contributed by atoms with E-state index in [1.165, 1.54) is 6.92 Å². The molecule has 1 fully saturated rings. The molecule has 0 radical (unpaired) electrons. The van der Waals surface area contributed by atoms with E-state index in [0.717, 1.165) is 0 Å². The first kappa shape index (κ1) is 15.4. The number of carbonyl (C=O) groups excluding carboxylic acids is 1. The van der Waals surface area contributed by atoms with E-state index in [4.69, 9.17) is 10.6 Å². The number of carbonyl (C=O) groups is 1. The van der Waals surface area contributed by atoms with Crippen molar-refractivity contribution in [1.82, 2.24) is 0 Å². The monoisotopic (exact) mass is 273 g/mol. The van der Waals surface area contributed by atoms with E-state index in [1.807, 2.05) is 0 Å². The molecule has 1 heterocycles. The van der Waals surface area contributed by atoms with Crippen LogP contribution in [0.15, 0.2) is 20.6 Å². The number of rotatable bonds is 5. The van der Waals surface area contributed by atoms with Gasteiger partial charge < -0.3 is 4.74 Å². The minimum atomic E-state index is -1.01. The molecule has 19 heavy (non-hydrogen) atoms. The van der Waals surface area contributed by atoms with Gasteiger partial charge in [-0.2, -0.15) is 14.9 Å². The van der Waals surface area contributed by atoms with E-state index in [-0.39, 0.29) is 6.54 Å². The summed E-state index contributed by atoms with van der Waals surface area (Å²) in [6.07, 6.45) is -2.34. The summed E-state index contributed by atoms with van der Waals surface area (Å²) >= 11 is 0. The second-order valence-corrected chi connectivity index (χ2v) is 4.11. The van der Waals surface area contributed by atoms with Crippen LogP contribution in [0, 0.1) is 9.81 Å². The van der Waals surface area contributed by atoms with E-state index in [1.54, 1.807) is 6.92 Å². The summed E-state index contributed by atoms with van der Waals surface area (Å²) < 4.78 is 5.44. The fourth-order valence-electron chi connectivity index (χ4n) is 1.95. The summed E-state index contributed by atoms with van der Waals surface area (Å²) in [6, 6.07) is -1.82. The van der Waals surface area contributed by atoms with Gasteiger partial charge in [0.25, 0.3) is 5.91 Å². The van der Waals surface area contributed by atoms with E-state index in [9.17, 15) is 14.6 Å². The Labute approximate surface area is 108 Å². The van der Waals surface area contributed by atoms with Crippen molar-refractivity contribution in [2.45, 2.75) is 44.2 Å². The summed E-state index contributed by atoms with van der Waals surface area (Å²) in [5, 5.41) is 12.7. The van der Waals surface area contributed by atoms with Crippen LogP contribution < -0.4 is 5.90 Å². The molecular formula is C9H15N5O5. The highest BCUT2D eigenvalue weighted by molar-refractivity contribution is 5.73. The first-order valence-corrected chi connectivity index (χ1v) is 5.59. The number of nitrogens with two attached hydrogens (primary N) is 1. The van der Waals surface area contributed by atoms with Crippen LogP contribution in [0.5, 0.6) is 0 Å². The minimum Gasteiger partial charge on any atom is -0.368 e. The van der Waals surface area contributed by atoms with Gasteiger partial charge in [0.2, 0.25) is 0 Å². The molecule has 10 nitrogen and oxygen atoms in total. The molecule has 0 spiro atoms. The molecule has 1 rings (SSSR count). The SMILES string of the molecule is CC(=O)N=NC1C(C)OC(CN=O)C(ON)C1N=O. The highest BCUT2D eigenvalue weighted by Crippen LogP contribution is 2.27. The van der Waals surface area contributed by atoms with Crippen molar-refractivity contribution >= 4 is 5.91 Å². The van der Waals surface area contributed by atoms with Crippen molar-refractivity contribution in [2.24, 2.45) is 26.5 Å². The second-order valence-electron chi connectivity index (χ2n) is 4.11. The molecular weight excluding hydrogens is 258 g/mol. The molecule has 1 aliphatic heterocycles. The highest BCUT2D eigenvalue weighted by atomic mass is 16.6. The molecule has 1 amide bonds. The fraction of sp³-hybridized carbons (Fsp3) is 0.889. The van der Waals surface area contributed by atoms with Gasteiger partial charge in [0, 0.05) is 6.92 Å². The van der Waals surface area contributed by atoms with Crippen molar-refractivity contribution in [3.63, 3.8) is 0 Å². The summed E-state index contributed by atoms with van der Waals surface area (Å²) in [5.41, 5.74) is 0. The maximum absolute atomic E-state index is 10.9. The predicted octanol–water partition coefficient (Wildman–Crippen LogP) is 0.301. The zero-order chi connectivity index (χ0) is 14.4. The van der Waals surface area contributed by atoms with Gasteiger partial charge in [-0.15, -0.1) is 5.11 Å². The number of hydrogen-bond acceptors (Lipinski definition) is 9. The molecule has 5 unspecified atom stereocenters. The number of nitrogens with zero attached hydrogens (tertiary/aromatic N) is 4. The van der Waals surface area contributed by atoms with Gasteiger partial charge in [-0.05, 0) is 6.92 Å². The lowest BCUT2D eigenvalue weighted by molar-refractivity contribution is -0.148. The molecule has 0 aromatic rings. The van der Waals surface area contributed by atoms with Crippen LogP contribution in [0.1, 0.15) is 13.8 Å². The van der Waals surface area contributed by atoms with E-state index >= 15 is 0 Å². The Morgan fingerprint density at radius 3 is 2.53 bits per heavy atom. The standard InChI is InChI=1S/C9H15N5O5/c1-4-7(13-12-5(2)15)8(14-17)9(19-10)6(18-4)3-11-16/h4,6-9H,3,10H2,1-2H3. The molecule has 1 aliphatic rings. The van der Waals surface area contributed by atoms with E-state index in [2.05, 4.69) is 25.4 Å². The van der Waals surface area contributed by atoms with Gasteiger partial charge in [-0.25, -0.2) is 5.90 Å². The first-order valence-electron chi connectivity index (χ1n) is 5.59. The molecule has 0 bridgehead atoms. The smallest absolute Gasteiger partial charge is 0.261 e. The maximum atomic E-state index is 10.9. The molecule has 106 valence electrons. The zero-order valence-electron chi connectivity index (χ0n) is 10.5. The molecule has 0 aliphatic carbocycles. The van der Waals surface area contributed by atoms with Crippen LogP contribution in [0.3, 0.4) is 0 Å². The molecule has 10 heteroatoms. The Morgan fingerprint density at radius 2 is 2.05 bits per heavy atom. The Kier molecular flexibility index (Phi) is 5.73. The van der Waals surface area contributed by atoms with Gasteiger partial charge in [-0.3, -0.25) is 9.63 Å². The zero-order valence-corrected chi connectivity index (χ0v) is 10.5. The molecule has 0 aromatic heterocycles. The van der Waals surface area contributed by atoms with Crippen molar-refractivity contribution in [1.29, 1.82) is 0 Å². The number of ether oxygens (including phenoxy) is 1. The van der Waals surface area contributed by atoms with Gasteiger partial charge in [0.05, 0.1) is 6.10 Å². The van der Waals surface area contributed by atoms with E-state index in [0.29, 0.717) is 0 Å². The van der Waals surface area contributed by atoms with Crippen LogP contribution in [-0.4, -0.2) is 42.8 Å². The van der Waals surface area contributed by atoms with Crippen molar-refractivity contribution in [3.8, 4) is 0 Å². The Hall–Kier alpha value is -1.65. The predicted molar refractivity (Wildman–Crippen MR) is 63.0 cm³/mol. The quantitative estimate of drug-likeness (QED) is 0.433. The van der Waals surface area contributed by atoms with Crippen LogP contribution in [0.25, 0.3) is 0 Å². The third-order valence-corrected chi connectivity index (χ3v) is 2.79. The third kappa shape index (κ3) is 3.66. The molecule has 0 saturated carbocycles. The van der Waals surface area contributed by atoms with E-state index < -0.39 is 36.3 Å². The number of amides is 1. The molecule has 1 saturated heterocycles. The average Bonchev–Trinajstić information content (AvgIpc) is 2.36. The van der Waals surface area contributed by atoms with Crippen molar-refractivity contribution in [3.05, 3.63) is 9.81 Å². The fourth-order valence-corrected chi connectivity index (χ4v) is 1.95. The van der Waals surface area contributed by atoms with Gasteiger partial charge in [0.15, 0.2) is 0 Å². The average molecular weight is 273 g/mol. The third-order valence-electron chi connectivity index (χ3n) is 2.79. The van der Waals surface area contributed by atoms with Crippen molar-refractivity contribution < 1.29 is 14.4 Å². The molecule has 5 atom stereocenters. The number of azo groups is 1.